The Balaban J connectivity index is 2.24. The van der Waals surface area contributed by atoms with E-state index in [-0.39, 0.29) is 0 Å². The fourth-order valence-corrected chi connectivity index (χ4v) is 2.27. The van der Waals surface area contributed by atoms with Crippen LogP contribution < -0.4 is 5.32 Å². The molecule has 1 aliphatic rings. The van der Waals surface area contributed by atoms with Gasteiger partial charge in [0.2, 0.25) is 0 Å². The Kier molecular flexibility index (Phi) is 2.86. The van der Waals surface area contributed by atoms with Crippen molar-refractivity contribution in [2.75, 3.05) is 12.3 Å². The summed E-state index contributed by atoms with van der Waals surface area (Å²) in [4.78, 5) is 0. The highest BCUT2D eigenvalue weighted by Gasteiger charge is 2.19. The Morgan fingerprint density at radius 3 is 3.00 bits per heavy atom. The van der Waals surface area contributed by atoms with Crippen molar-refractivity contribution in [1.82, 2.24) is 5.32 Å². The van der Waals surface area contributed by atoms with E-state index in [2.05, 4.69) is 30.9 Å². The van der Waals surface area contributed by atoms with Gasteiger partial charge in [-0.3, -0.25) is 0 Å². The molecule has 1 saturated heterocycles. The second kappa shape index (κ2) is 3.47. The van der Waals surface area contributed by atoms with Gasteiger partial charge < -0.3 is 5.32 Å². The van der Waals surface area contributed by atoms with E-state index in [1.807, 2.05) is 0 Å². The number of hydrogen-bond acceptors (Lipinski definition) is 2. The monoisotopic (exact) mass is 145 g/mol. The summed E-state index contributed by atoms with van der Waals surface area (Å²) in [6, 6.07) is 0. The predicted molar refractivity (Wildman–Crippen MR) is 43.7 cm³/mol. The van der Waals surface area contributed by atoms with Gasteiger partial charge in [0, 0.05) is 12.3 Å². The molecule has 0 aliphatic carbocycles. The van der Waals surface area contributed by atoms with Crippen molar-refractivity contribution in [3.63, 3.8) is 0 Å². The summed E-state index contributed by atoms with van der Waals surface area (Å²) in [5.41, 5.74) is 0. The van der Waals surface area contributed by atoms with Crippen LogP contribution in [0.3, 0.4) is 0 Å². The van der Waals surface area contributed by atoms with Gasteiger partial charge in [0.15, 0.2) is 0 Å². The van der Waals surface area contributed by atoms with Gasteiger partial charge in [0.25, 0.3) is 0 Å². The molecule has 2 atom stereocenters. The van der Waals surface area contributed by atoms with E-state index in [0.717, 1.165) is 11.3 Å². The summed E-state index contributed by atoms with van der Waals surface area (Å²) in [6.07, 6.45) is 1.30. The van der Waals surface area contributed by atoms with Gasteiger partial charge in [-0.15, -0.1) is 11.8 Å². The second-order valence-corrected chi connectivity index (χ2v) is 3.88. The van der Waals surface area contributed by atoms with E-state index in [0.29, 0.717) is 0 Å². The molecule has 1 N–H and O–H groups in total. The van der Waals surface area contributed by atoms with Crippen LogP contribution in [0.1, 0.15) is 20.3 Å². The van der Waals surface area contributed by atoms with Crippen LogP contribution in [0, 0.1) is 5.92 Å². The zero-order chi connectivity index (χ0) is 6.69. The van der Waals surface area contributed by atoms with Gasteiger partial charge in [-0.2, -0.15) is 0 Å². The molecule has 0 aromatic heterocycles. The molecule has 2 heteroatoms. The van der Waals surface area contributed by atoms with Crippen LogP contribution >= 0.6 is 11.8 Å². The molecule has 54 valence electrons. The quantitative estimate of drug-likeness (QED) is 0.634. The first kappa shape index (κ1) is 7.42. The molecule has 1 rings (SSSR count). The van der Waals surface area contributed by atoms with Gasteiger partial charge >= 0.3 is 0 Å². The molecule has 1 heterocycles. The van der Waals surface area contributed by atoms with Crippen molar-refractivity contribution in [1.29, 1.82) is 0 Å². The third kappa shape index (κ3) is 1.87. The summed E-state index contributed by atoms with van der Waals surface area (Å²) in [6.45, 7) is 5.78. The maximum Gasteiger partial charge on any atom is 0.0558 e. The minimum atomic E-state index is 0.745. The minimum Gasteiger partial charge on any atom is -0.304 e. The van der Waals surface area contributed by atoms with Crippen LogP contribution in [0.15, 0.2) is 0 Å². The second-order valence-electron chi connectivity index (χ2n) is 2.63. The van der Waals surface area contributed by atoms with E-state index in [9.17, 15) is 0 Å². The zero-order valence-corrected chi connectivity index (χ0v) is 7.00. The molecule has 0 spiro atoms. The topological polar surface area (TPSA) is 12.0 Å². The number of rotatable bonds is 2. The van der Waals surface area contributed by atoms with Crippen LogP contribution in [0.2, 0.25) is 0 Å². The summed E-state index contributed by atoms with van der Waals surface area (Å²) < 4.78 is 0. The number of nitrogens with one attached hydrogen (secondary N) is 1. The zero-order valence-electron chi connectivity index (χ0n) is 6.18. The maximum atomic E-state index is 3.47. The molecule has 0 radical (unpaired) electrons. The van der Waals surface area contributed by atoms with Crippen LogP contribution in [-0.4, -0.2) is 17.7 Å². The average molecular weight is 145 g/mol. The van der Waals surface area contributed by atoms with Gasteiger partial charge in [0.05, 0.1) is 5.37 Å². The Morgan fingerprint density at radius 2 is 2.56 bits per heavy atom. The largest absolute Gasteiger partial charge is 0.304 e. The lowest BCUT2D eigenvalue weighted by Gasteiger charge is -2.15. The van der Waals surface area contributed by atoms with Gasteiger partial charge in [0.1, 0.15) is 0 Å². The molecule has 0 amide bonds. The average Bonchev–Trinajstić information content (AvgIpc) is 2.37. The molecule has 0 bridgehead atoms. The third-order valence-electron chi connectivity index (χ3n) is 1.91. The number of thioether (sulfide) groups is 1. The molecular formula is C7H15NS. The Morgan fingerprint density at radius 1 is 1.78 bits per heavy atom. The number of hydrogen-bond donors (Lipinski definition) is 1. The summed E-state index contributed by atoms with van der Waals surface area (Å²) in [5, 5.41) is 4.22. The first-order chi connectivity index (χ1) is 4.34. The summed E-state index contributed by atoms with van der Waals surface area (Å²) >= 11 is 2.06. The SMILES string of the molecule is CCC(C)C1NCCS1. The van der Waals surface area contributed by atoms with Gasteiger partial charge in [-0.05, 0) is 5.92 Å². The lowest BCUT2D eigenvalue weighted by molar-refractivity contribution is 0.490. The smallest absolute Gasteiger partial charge is 0.0558 e. The van der Waals surface area contributed by atoms with Crippen molar-refractivity contribution in [3.8, 4) is 0 Å². The van der Waals surface area contributed by atoms with Crippen LogP contribution in [0.4, 0.5) is 0 Å². The molecule has 0 aromatic rings. The molecule has 0 aromatic carbocycles. The summed E-state index contributed by atoms with van der Waals surface area (Å²) in [5.74, 6) is 2.15. The van der Waals surface area contributed by atoms with Crippen LogP contribution in [-0.2, 0) is 0 Å². The van der Waals surface area contributed by atoms with E-state index in [1.165, 1.54) is 18.7 Å². The molecule has 2 unspecified atom stereocenters. The highest BCUT2D eigenvalue weighted by molar-refractivity contribution is 8.00. The Hall–Kier alpha value is 0.310. The van der Waals surface area contributed by atoms with E-state index < -0.39 is 0 Å². The molecule has 1 nitrogen and oxygen atoms in total. The van der Waals surface area contributed by atoms with Crippen LogP contribution in [0.5, 0.6) is 0 Å². The Bertz CT molecular complexity index is 79.0. The normalized spacial score (nSPS) is 30.7. The lowest BCUT2D eigenvalue weighted by atomic mass is 10.1. The van der Waals surface area contributed by atoms with E-state index >= 15 is 0 Å². The summed E-state index contributed by atoms with van der Waals surface area (Å²) in [7, 11) is 0. The van der Waals surface area contributed by atoms with E-state index in [1.54, 1.807) is 0 Å². The predicted octanol–water partition coefficient (Wildman–Crippen LogP) is 1.70. The van der Waals surface area contributed by atoms with Gasteiger partial charge in [-0.1, -0.05) is 20.3 Å². The Labute approximate surface area is 61.6 Å². The minimum absolute atomic E-state index is 0.745. The first-order valence-electron chi connectivity index (χ1n) is 3.69. The fraction of sp³-hybridized carbons (Fsp3) is 1.00. The lowest BCUT2D eigenvalue weighted by Crippen LogP contribution is -2.25. The molecule has 1 aliphatic heterocycles. The standard InChI is InChI=1S/C7H15NS/c1-3-6(2)7-8-4-5-9-7/h6-8H,3-5H2,1-2H3. The van der Waals surface area contributed by atoms with Crippen molar-refractivity contribution in [2.24, 2.45) is 5.92 Å². The highest BCUT2D eigenvalue weighted by Crippen LogP contribution is 2.22. The first-order valence-corrected chi connectivity index (χ1v) is 4.74. The molecule has 1 fully saturated rings. The molecule has 0 saturated carbocycles. The van der Waals surface area contributed by atoms with E-state index in [4.69, 9.17) is 0 Å². The third-order valence-corrected chi connectivity index (χ3v) is 3.34. The van der Waals surface area contributed by atoms with Crippen molar-refractivity contribution < 1.29 is 0 Å². The van der Waals surface area contributed by atoms with Crippen molar-refractivity contribution in [2.45, 2.75) is 25.6 Å². The van der Waals surface area contributed by atoms with Crippen molar-refractivity contribution >= 4 is 11.8 Å². The van der Waals surface area contributed by atoms with Crippen molar-refractivity contribution in [3.05, 3.63) is 0 Å². The molecular weight excluding hydrogens is 130 g/mol. The van der Waals surface area contributed by atoms with Gasteiger partial charge in [-0.25, -0.2) is 0 Å². The van der Waals surface area contributed by atoms with Crippen LogP contribution in [0.25, 0.3) is 0 Å². The molecule has 9 heavy (non-hydrogen) atoms. The fourth-order valence-electron chi connectivity index (χ4n) is 1.03. The highest BCUT2D eigenvalue weighted by atomic mass is 32.2. The maximum absolute atomic E-state index is 3.47.